The fourth-order valence-electron chi connectivity index (χ4n) is 2.64. The van der Waals surface area contributed by atoms with Crippen LogP contribution < -0.4 is 11.1 Å². The Kier molecular flexibility index (Phi) is 5.52. The molecule has 0 heterocycles. The Bertz CT molecular complexity index is 533. The van der Waals surface area contributed by atoms with Crippen molar-refractivity contribution < 1.29 is 9.53 Å². The van der Waals surface area contributed by atoms with Crippen LogP contribution in [0.4, 0.5) is 10.5 Å². The molecule has 1 aliphatic carbocycles. The maximum absolute atomic E-state index is 12.3. The van der Waals surface area contributed by atoms with E-state index in [2.05, 4.69) is 11.4 Å². The largest absolute Gasteiger partial charge is 0.444 e. The van der Waals surface area contributed by atoms with Crippen LogP contribution in [0.15, 0.2) is 24.3 Å². The van der Waals surface area contributed by atoms with E-state index in [9.17, 15) is 4.79 Å². The molecule has 5 heteroatoms. The van der Waals surface area contributed by atoms with Gasteiger partial charge in [-0.1, -0.05) is 18.2 Å². The van der Waals surface area contributed by atoms with Gasteiger partial charge in [0.2, 0.25) is 0 Å². The lowest BCUT2D eigenvalue weighted by molar-refractivity contribution is 0.0245. The molecular weight excluding hydrogens is 290 g/mol. The smallest absolute Gasteiger partial charge is 0.410 e. The molecule has 0 aliphatic heterocycles. The number of hydrogen-bond acceptors (Lipinski definition) is 4. The van der Waals surface area contributed by atoms with Crippen molar-refractivity contribution in [1.29, 1.82) is 0 Å². The van der Waals surface area contributed by atoms with Gasteiger partial charge in [0.15, 0.2) is 0 Å². The summed E-state index contributed by atoms with van der Waals surface area (Å²) in [7, 11) is 0. The van der Waals surface area contributed by atoms with E-state index in [1.165, 1.54) is 0 Å². The summed E-state index contributed by atoms with van der Waals surface area (Å²) in [6, 6.07) is 8.86. The first-order valence-electron chi connectivity index (χ1n) is 8.36. The third-order valence-electron chi connectivity index (χ3n) is 3.95. The highest BCUT2D eigenvalue weighted by atomic mass is 16.6. The molecule has 5 nitrogen and oxygen atoms in total. The number of ether oxygens (including phenoxy) is 1. The summed E-state index contributed by atoms with van der Waals surface area (Å²) in [5.41, 5.74) is 7.54. The zero-order chi connectivity index (χ0) is 17.0. The quantitative estimate of drug-likeness (QED) is 0.873. The highest BCUT2D eigenvalue weighted by Crippen LogP contribution is 2.26. The minimum atomic E-state index is -0.482. The molecule has 1 aliphatic rings. The number of nitrogens with two attached hydrogens (primary N) is 1. The number of carbonyl (C=O) groups is 1. The SMILES string of the molecule is CCN(Cc1ccccc1NC1CC(N)C1)C(=O)OC(C)(C)C. The number of hydrogen-bond donors (Lipinski definition) is 2. The van der Waals surface area contributed by atoms with Crippen LogP contribution in [0.25, 0.3) is 0 Å². The number of para-hydroxylation sites is 1. The molecule has 128 valence electrons. The van der Waals surface area contributed by atoms with Crippen molar-refractivity contribution in [2.45, 2.75) is 64.8 Å². The zero-order valence-electron chi connectivity index (χ0n) is 14.6. The molecule has 0 unspecified atom stereocenters. The second-order valence-corrected chi connectivity index (χ2v) is 7.22. The molecule has 1 fully saturated rings. The Morgan fingerprint density at radius 3 is 2.57 bits per heavy atom. The molecule has 0 saturated heterocycles. The Labute approximate surface area is 139 Å². The third-order valence-corrected chi connectivity index (χ3v) is 3.95. The van der Waals surface area contributed by atoms with E-state index >= 15 is 0 Å². The normalized spacial score (nSPS) is 20.6. The fourth-order valence-corrected chi connectivity index (χ4v) is 2.64. The van der Waals surface area contributed by atoms with Crippen LogP contribution in [0, 0.1) is 0 Å². The van der Waals surface area contributed by atoms with Gasteiger partial charge >= 0.3 is 6.09 Å². The average Bonchev–Trinajstić information content (AvgIpc) is 2.42. The zero-order valence-corrected chi connectivity index (χ0v) is 14.6. The number of amides is 1. The maximum Gasteiger partial charge on any atom is 0.410 e. The van der Waals surface area contributed by atoms with Crippen LogP contribution >= 0.6 is 0 Å². The second-order valence-electron chi connectivity index (χ2n) is 7.22. The summed E-state index contributed by atoms with van der Waals surface area (Å²) < 4.78 is 5.48. The van der Waals surface area contributed by atoms with Crippen LogP contribution in [-0.4, -0.2) is 35.2 Å². The van der Waals surface area contributed by atoms with Crippen LogP contribution in [0.5, 0.6) is 0 Å². The molecule has 2 rings (SSSR count). The fraction of sp³-hybridized carbons (Fsp3) is 0.611. The Hall–Kier alpha value is -1.75. The standard InChI is InChI=1S/C18H29N3O2/c1-5-21(17(22)23-18(2,3)4)12-13-8-6-7-9-16(13)20-15-10-14(19)11-15/h6-9,14-15,20H,5,10-12,19H2,1-4H3. The molecular formula is C18H29N3O2. The van der Waals surface area contributed by atoms with Gasteiger partial charge in [0.25, 0.3) is 0 Å². The number of nitrogens with one attached hydrogen (secondary N) is 1. The van der Waals surface area contributed by atoms with Crippen LogP contribution in [0.3, 0.4) is 0 Å². The molecule has 0 atom stereocenters. The van der Waals surface area contributed by atoms with Crippen molar-refractivity contribution in [3.63, 3.8) is 0 Å². The summed E-state index contributed by atoms with van der Waals surface area (Å²) in [6.07, 6.45) is 1.72. The minimum Gasteiger partial charge on any atom is -0.444 e. The average molecular weight is 319 g/mol. The number of carbonyl (C=O) groups excluding carboxylic acids is 1. The first kappa shape index (κ1) is 17.6. The van der Waals surface area contributed by atoms with Gasteiger partial charge in [-0.05, 0) is 52.2 Å². The molecule has 23 heavy (non-hydrogen) atoms. The molecule has 0 spiro atoms. The summed E-state index contributed by atoms with van der Waals surface area (Å²) in [5, 5.41) is 3.54. The van der Waals surface area contributed by atoms with Gasteiger partial charge < -0.3 is 20.7 Å². The van der Waals surface area contributed by atoms with Crippen molar-refractivity contribution in [1.82, 2.24) is 4.90 Å². The van der Waals surface area contributed by atoms with E-state index in [1.54, 1.807) is 4.90 Å². The Morgan fingerprint density at radius 1 is 1.35 bits per heavy atom. The van der Waals surface area contributed by atoms with Gasteiger partial charge in [-0.2, -0.15) is 0 Å². The Balaban J connectivity index is 2.04. The van der Waals surface area contributed by atoms with E-state index in [0.29, 0.717) is 25.2 Å². The third kappa shape index (κ3) is 5.13. The van der Waals surface area contributed by atoms with Gasteiger partial charge in [0, 0.05) is 24.3 Å². The molecule has 1 aromatic rings. The lowest BCUT2D eigenvalue weighted by Crippen LogP contribution is -2.44. The van der Waals surface area contributed by atoms with Gasteiger partial charge in [0.1, 0.15) is 5.60 Å². The van der Waals surface area contributed by atoms with Crippen molar-refractivity contribution in [3.8, 4) is 0 Å². The number of rotatable bonds is 5. The number of anilines is 1. The highest BCUT2D eigenvalue weighted by Gasteiger charge is 2.27. The van der Waals surface area contributed by atoms with Crippen LogP contribution in [0.1, 0.15) is 46.1 Å². The van der Waals surface area contributed by atoms with Gasteiger partial charge in [-0.15, -0.1) is 0 Å². The van der Waals surface area contributed by atoms with E-state index in [4.69, 9.17) is 10.5 Å². The first-order valence-corrected chi connectivity index (χ1v) is 8.36. The second kappa shape index (κ2) is 7.21. The van der Waals surface area contributed by atoms with Gasteiger partial charge in [-0.25, -0.2) is 4.79 Å². The van der Waals surface area contributed by atoms with E-state index in [-0.39, 0.29) is 6.09 Å². The van der Waals surface area contributed by atoms with Crippen molar-refractivity contribution in [3.05, 3.63) is 29.8 Å². The van der Waals surface area contributed by atoms with Crippen molar-refractivity contribution in [2.24, 2.45) is 5.73 Å². The van der Waals surface area contributed by atoms with Crippen molar-refractivity contribution >= 4 is 11.8 Å². The summed E-state index contributed by atoms with van der Waals surface area (Å²) in [6.45, 7) is 8.76. The van der Waals surface area contributed by atoms with Crippen molar-refractivity contribution in [2.75, 3.05) is 11.9 Å². The maximum atomic E-state index is 12.3. The highest BCUT2D eigenvalue weighted by molar-refractivity contribution is 5.68. The molecule has 0 bridgehead atoms. The van der Waals surface area contributed by atoms with E-state index < -0.39 is 5.60 Å². The summed E-state index contributed by atoms with van der Waals surface area (Å²) in [5.74, 6) is 0. The number of benzene rings is 1. The van der Waals surface area contributed by atoms with Gasteiger partial charge in [0.05, 0.1) is 6.54 Å². The molecule has 0 radical (unpaired) electrons. The lowest BCUT2D eigenvalue weighted by Gasteiger charge is -2.34. The summed E-state index contributed by atoms with van der Waals surface area (Å²) in [4.78, 5) is 14.0. The predicted molar refractivity (Wildman–Crippen MR) is 93.4 cm³/mol. The molecule has 3 N–H and O–H groups in total. The number of nitrogens with zero attached hydrogens (tertiary/aromatic N) is 1. The first-order chi connectivity index (χ1) is 10.8. The van der Waals surface area contributed by atoms with Gasteiger partial charge in [-0.3, -0.25) is 0 Å². The monoisotopic (exact) mass is 319 g/mol. The molecule has 1 amide bonds. The predicted octanol–water partition coefficient (Wildman–Crippen LogP) is 3.35. The molecule has 0 aromatic heterocycles. The molecule has 1 aromatic carbocycles. The van der Waals surface area contributed by atoms with Crippen LogP contribution in [0.2, 0.25) is 0 Å². The minimum absolute atomic E-state index is 0.277. The van der Waals surface area contributed by atoms with E-state index in [0.717, 1.165) is 24.1 Å². The topological polar surface area (TPSA) is 67.6 Å². The summed E-state index contributed by atoms with van der Waals surface area (Å²) >= 11 is 0. The Morgan fingerprint density at radius 2 is 2.00 bits per heavy atom. The molecule has 1 saturated carbocycles. The van der Waals surface area contributed by atoms with Crippen LogP contribution in [-0.2, 0) is 11.3 Å². The lowest BCUT2D eigenvalue weighted by atomic mass is 9.87. The van der Waals surface area contributed by atoms with E-state index in [1.807, 2.05) is 45.9 Å².